The van der Waals surface area contributed by atoms with Crippen LogP contribution in [0.3, 0.4) is 0 Å². The van der Waals surface area contributed by atoms with Crippen molar-refractivity contribution >= 4 is 17.5 Å². The molecule has 0 bridgehead atoms. The van der Waals surface area contributed by atoms with Gasteiger partial charge in [-0.3, -0.25) is 9.59 Å². The van der Waals surface area contributed by atoms with Crippen molar-refractivity contribution in [3.8, 4) is 17.2 Å². The highest BCUT2D eigenvalue weighted by Gasteiger charge is 2.19. The third-order valence-electron chi connectivity index (χ3n) is 6.58. The summed E-state index contributed by atoms with van der Waals surface area (Å²) in [5.41, 5.74) is 4.50. The molecule has 2 N–H and O–H groups in total. The molecule has 0 saturated carbocycles. The van der Waals surface area contributed by atoms with Crippen LogP contribution in [0.5, 0.6) is 17.2 Å². The van der Waals surface area contributed by atoms with Crippen LogP contribution in [-0.2, 0) is 24.1 Å². The van der Waals surface area contributed by atoms with Gasteiger partial charge in [0, 0.05) is 6.54 Å². The molecule has 194 valence electrons. The molecule has 0 aromatic heterocycles. The number of aryl methyl sites for hydroxylation is 2. The second kappa shape index (κ2) is 12.3. The van der Waals surface area contributed by atoms with Crippen molar-refractivity contribution in [1.82, 2.24) is 5.32 Å². The maximum atomic E-state index is 12.9. The number of methoxy groups -OCH3 is 2. The van der Waals surface area contributed by atoms with Gasteiger partial charge in [0.2, 0.25) is 0 Å². The third kappa shape index (κ3) is 6.61. The van der Waals surface area contributed by atoms with Gasteiger partial charge >= 0.3 is 0 Å². The molecule has 37 heavy (non-hydrogen) atoms. The summed E-state index contributed by atoms with van der Waals surface area (Å²) < 4.78 is 16.5. The predicted octanol–water partition coefficient (Wildman–Crippen LogP) is 4.96. The van der Waals surface area contributed by atoms with Crippen LogP contribution in [0.15, 0.2) is 60.7 Å². The minimum absolute atomic E-state index is 0.264. The van der Waals surface area contributed by atoms with E-state index in [1.165, 1.54) is 24.0 Å². The van der Waals surface area contributed by atoms with Crippen molar-refractivity contribution in [1.29, 1.82) is 0 Å². The van der Waals surface area contributed by atoms with Crippen LogP contribution in [0.4, 0.5) is 5.69 Å². The van der Waals surface area contributed by atoms with Crippen LogP contribution in [-0.4, -0.2) is 38.7 Å². The molecule has 0 heterocycles. The lowest BCUT2D eigenvalue weighted by Gasteiger charge is -2.19. The first-order chi connectivity index (χ1) is 18.0. The van der Waals surface area contributed by atoms with Crippen molar-refractivity contribution in [2.45, 2.75) is 45.1 Å². The fourth-order valence-electron chi connectivity index (χ4n) is 4.52. The minimum Gasteiger partial charge on any atom is -0.493 e. The highest BCUT2D eigenvalue weighted by atomic mass is 16.5. The van der Waals surface area contributed by atoms with E-state index in [1.54, 1.807) is 45.4 Å². The van der Waals surface area contributed by atoms with Gasteiger partial charge in [0.05, 0.1) is 25.5 Å². The number of para-hydroxylation sites is 1. The number of hydrogen-bond acceptors (Lipinski definition) is 5. The Bertz CT molecular complexity index is 1260. The van der Waals surface area contributed by atoms with Crippen molar-refractivity contribution in [3.05, 3.63) is 82.9 Å². The molecule has 1 unspecified atom stereocenters. The summed E-state index contributed by atoms with van der Waals surface area (Å²) in [7, 11) is 3.18. The van der Waals surface area contributed by atoms with E-state index in [4.69, 9.17) is 14.2 Å². The number of anilines is 1. The number of benzene rings is 3. The first-order valence-corrected chi connectivity index (χ1v) is 12.7. The Labute approximate surface area is 218 Å². The van der Waals surface area contributed by atoms with Gasteiger partial charge in [-0.2, -0.15) is 0 Å². The fourth-order valence-corrected chi connectivity index (χ4v) is 4.52. The van der Waals surface area contributed by atoms with Gasteiger partial charge in [0.15, 0.2) is 17.6 Å². The van der Waals surface area contributed by atoms with E-state index in [2.05, 4.69) is 16.7 Å². The Balaban J connectivity index is 1.34. The molecule has 1 aliphatic carbocycles. The van der Waals surface area contributed by atoms with Crippen LogP contribution in [0.2, 0.25) is 0 Å². The molecule has 7 heteroatoms. The predicted molar refractivity (Wildman–Crippen MR) is 144 cm³/mol. The van der Waals surface area contributed by atoms with Gasteiger partial charge in [-0.05, 0) is 92.1 Å². The number of rotatable bonds is 10. The number of hydrogen-bond donors (Lipinski definition) is 2. The minimum atomic E-state index is -0.720. The van der Waals surface area contributed by atoms with E-state index >= 15 is 0 Å². The highest BCUT2D eigenvalue weighted by Crippen LogP contribution is 2.28. The summed E-state index contributed by atoms with van der Waals surface area (Å²) in [6, 6.07) is 18.7. The summed E-state index contributed by atoms with van der Waals surface area (Å²) in [6.45, 7) is 2.13. The molecule has 0 spiro atoms. The van der Waals surface area contributed by atoms with Crippen molar-refractivity contribution in [2.24, 2.45) is 0 Å². The third-order valence-corrected chi connectivity index (χ3v) is 6.58. The first-order valence-electron chi connectivity index (χ1n) is 12.7. The topological polar surface area (TPSA) is 85.9 Å². The van der Waals surface area contributed by atoms with E-state index in [0.717, 1.165) is 18.4 Å². The standard InChI is InChI=1S/C30H34N2O5/c1-20(37-24-14-13-22-8-4-5-9-23(22)19-24)29(33)32-26-11-7-6-10-25(26)30(34)31-17-16-21-12-15-27(35-2)28(18-21)36-3/h6-7,10-15,18-20H,4-5,8-9,16-17H2,1-3H3,(H,31,34)(H,32,33). The Morgan fingerprint density at radius 2 is 1.65 bits per heavy atom. The van der Waals surface area contributed by atoms with E-state index in [1.807, 2.05) is 30.3 Å². The first kappa shape index (κ1) is 26.1. The van der Waals surface area contributed by atoms with Gasteiger partial charge in [-0.25, -0.2) is 0 Å². The molecule has 1 aliphatic rings. The maximum absolute atomic E-state index is 12.9. The van der Waals surface area contributed by atoms with Crippen molar-refractivity contribution < 1.29 is 23.8 Å². The average Bonchev–Trinajstić information content (AvgIpc) is 2.93. The monoisotopic (exact) mass is 502 g/mol. The average molecular weight is 503 g/mol. The van der Waals surface area contributed by atoms with Crippen LogP contribution in [0.25, 0.3) is 0 Å². The number of ether oxygens (including phenoxy) is 3. The van der Waals surface area contributed by atoms with Gasteiger partial charge < -0.3 is 24.8 Å². The molecule has 1 atom stereocenters. The summed E-state index contributed by atoms with van der Waals surface area (Å²) in [6.07, 6.45) is 4.43. The van der Waals surface area contributed by atoms with Gasteiger partial charge in [0.1, 0.15) is 5.75 Å². The lowest BCUT2D eigenvalue weighted by molar-refractivity contribution is -0.122. The van der Waals surface area contributed by atoms with Gasteiger partial charge in [-0.1, -0.05) is 24.3 Å². The zero-order valence-electron chi connectivity index (χ0n) is 21.6. The summed E-state index contributed by atoms with van der Waals surface area (Å²) in [5.74, 6) is 1.41. The zero-order valence-corrected chi connectivity index (χ0v) is 21.6. The zero-order chi connectivity index (χ0) is 26.2. The fraction of sp³-hybridized carbons (Fsp3) is 0.333. The van der Waals surface area contributed by atoms with E-state index in [9.17, 15) is 9.59 Å². The molecule has 0 aliphatic heterocycles. The second-order valence-corrected chi connectivity index (χ2v) is 9.13. The number of amides is 2. The van der Waals surface area contributed by atoms with E-state index < -0.39 is 6.10 Å². The van der Waals surface area contributed by atoms with E-state index in [-0.39, 0.29) is 11.8 Å². The van der Waals surface area contributed by atoms with Crippen LogP contribution >= 0.6 is 0 Å². The molecule has 3 aromatic carbocycles. The summed E-state index contributed by atoms with van der Waals surface area (Å²) >= 11 is 0. The number of carbonyl (C=O) groups is 2. The quantitative estimate of drug-likeness (QED) is 0.409. The molecule has 7 nitrogen and oxygen atoms in total. The lowest BCUT2D eigenvalue weighted by Crippen LogP contribution is -2.32. The van der Waals surface area contributed by atoms with Crippen LogP contribution < -0.4 is 24.8 Å². The van der Waals surface area contributed by atoms with Crippen molar-refractivity contribution in [3.63, 3.8) is 0 Å². The van der Waals surface area contributed by atoms with Crippen molar-refractivity contribution in [2.75, 3.05) is 26.1 Å². The maximum Gasteiger partial charge on any atom is 0.265 e. The smallest absolute Gasteiger partial charge is 0.265 e. The lowest BCUT2D eigenvalue weighted by atomic mass is 9.92. The SMILES string of the molecule is COc1ccc(CCNC(=O)c2ccccc2NC(=O)C(C)Oc2ccc3c(c2)CCCC3)cc1OC. The number of fused-ring (bicyclic) bond motifs is 1. The molecular formula is C30H34N2O5. The van der Waals surface area contributed by atoms with Crippen LogP contribution in [0.1, 0.15) is 46.8 Å². The van der Waals surface area contributed by atoms with Crippen LogP contribution in [0, 0.1) is 0 Å². The second-order valence-electron chi connectivity index (χ2n) is 9.13. The Morgan fingerprint density at radius 3 is 2.43 bits per heavy atom. The molecule has 4 rings (SSSR count). The normalized spacial score (nSPS) is 13.2. The molecule has 0 radical (unpaired) electrons. The Hall–Kier alpha value is -4.00. The molecule has 0 fully saturated rings. The van der Waals surface area contributed by atoms with Gasteiger partial charge in [-0.15, -0.1) is 0 Å². The number of carbonyl (C=O) groups excluding carboxylic acids is 2. The highest BCUT2D eigenvalue weighted by molar-refractivity contribution is 6.04. The summed E-state index contributed by atoms with van der Waals surface area (Å²) in [4.78, 5) is 25.8. The molecule has 2 amide bonds. The molecule has 0 saturated heterocycles. The molecular weight excluding hydrogens is 468 g/mol. The Morgan fingerprint density at radius 1 is 0.892 bits per heavy atom. The largest absolute Gasteiger partial charge is 0.493 e. The Kier molecular flexibility index (Phi) is 8.67. The number of nitrogens with one attached hydrogen (secondary N) is 2. The summed E-state index contributed by atoms with van der Waals surface area (Å²) in [5, 5.41) is 5.79. The van der Waals surface area contributed by atoms with E-state index in [0.29, 0.717) is 41.5 Å². The molecule has 3 aromatic rings. The van der Waals surface area contributed by atoms with Gasteiger partial charge in [0.25, 0.3) is 11.8 Å².